The molecular formula is C20H22ClN5. The van der Waals surface area contributed by atoms with Gasteiger partial charge >= 0.3 is 0 Å². The number of hydrogen-bond donors (Lipinski definition) is 0. The summed E-state index contributed by atoms with van der Waals surface area (Å²) in [6, 6.07) is 14.5. The lowest BCUT2D eigenvalue weighted by atomic mass is 9.89. The SMILES string of the molecule is Clc1cccnc1Cn1cc(CN2CCC(c3ccccc3)CC2)nn1. The van der Waals surface area contributed by atoms with Gasteiger partial charge in [0.2, 0.25) is 0 Å². The van der Waals surface area contributed by atoms with Gasteiger partial charge in [-0.25, -0.2) is 4.68 Å². The summed E-state index contributed by atoms with van der Waals surface area (Å²) in [4.78, 5) is 6.76. The molecule has 3 aromatic rings. The van der Waals surface area contributed by atoms with Crippen LogP contribution < -0.4 is 0 Å². The van der Waals surface area contributed by atoms with Gasteiger partial charge in [-0.05, 0) is 49.5 Å². The van der Waals surface area contributed by atoms with Crippen LogP contribution in [0.15, 0.2) is 54.9 Å². The topological polar surface area (TPSA) is 46.8 Å². The summed E-state index contributed by atoms with van der Waals surface area (Å²) in [5.74, 6) is 0.675. The third kappa shape index (κ3) is 4.11. The second-order valence-corrected chi connectivity index (χ2v) is 7.21. The standard InChI is InChI=1S/C20H22ClN5/c21-19-7-4-10-22-20(19)15-26-14-18(23-24-26)13-25-11-8-17(9-12-25)16-5-2-1-3-6-16/h1-7,10,14,17H,8-9,11-13,15H2. The van der Waals surface area contributed by atoms with E-state index >= 15 is 0 Å². The molecule has 134 valence electrons. The molecule has 6 heteroatoms. The molecule has 4 rings (SSSR count). The van der Waals surface area contributed by atoms with E-state index in [1.54, 1.807) is 10.9 Å². The molecule has 0 unspecified atom stereocenters. The van der Waals surface area contributed by atoms with E-state index in [9.17, 15) is 0 Å². The van der Waals surface area contributed by atoms with Crippen LogP contribution in [0.1, 0.15) is 35.7 Å². The summed E-state index contributed by atoms with van der Waals surface area (Å²) in [6.07, 6.45) is 6.13. The van der Waals surface area contributed by atoms with E-state index in [2.05, 4.69) is 50.5 Å². The maximum atomic E-state index is 6.17. The third-order valence-electron chi connectivity index (χ3n) is 4.98. The first-order chi connectivity index (χ1) is 12.8. The molecule has 0 radical (unpaired) electrons. The molecular weight excluding hydrogens is 346 g/mol. The quantitative estimate of drug-likeness (QED) is 0.689. The molecule has 3 heterocycles. The fourth-order valence-corrected chi connectivity index (χ4v) is 3.74. The zero-order valence-electron chi connectivity index (χ0n) is 14.6. The van der Waals surface area contributed by atoms with Crippen molar-refractivity contribution in [2.24, 2.45) is 0 Å². The summed E-state index contributed by atoms with van der Waals surface area (Å²) in [5.41, 5.74) is 3.27. The van der Waals surface area contributed by atoms with Crippen molar-refractivity contribution in [2.75, 3.05) is 13.1 Å². The molecule has 0 amide bonds. The largest absolute Gasteiger partial charge is 0.297 e. The van der Waals surface area contributed by atoms with Crippen LogP contribution in [-0.4, -0.2) is 38.0 Å². The Morgan fingerprint density at radius 1 is 1.00 bits per heavy atom. The summed E-state index contributed by atoms with van der Waals surface area (Å²) in [6.45, 7) is 3.58. The van der Waals surface area contributed by atoms with E-state index < -0.39 is 0 Å². The summed E-state index contributed by atoms with van der Waals surface area (Å²) in [5, 5.41) is 9.20. The summed E-state index contributed by atoms with van der Waals surface area (Å²) < 4.78 is 1.81. The van der Waals surface area contributed by atoms with Gasteiger partial charge in [-0.15, -0.1) is 5.10 Å². The lowest BCUT2D eigenvalue weighted by molar-refractivity contribution is 0.202. The van der Waals surface area contributed by atoms with Crippen LogP contribution in [-0.2, 0) is 13.1 Å². The molecule has 0 N–H and O–H groups in total. The average Bonchev–Trinajstić information content (AvgIpc) is 3.12. The molecule has 0 bridgehead atoms. The summed E-state index contributed by atoms with van der Waals surface area (Å²) >= 11 is 6.17. The zero-order valence-corrected chi connectivity index (χ0v) is 15.4. The van der Waals surface area contributed by atoms with E-state index in [4.69, 9.17) is 11.6 Å². The second kappa shape index (κ2) is 7.98. The lowest BCUT2D eigenvalue weighted by Gasteiger charge is -2.31. The minimum Gasteiger partial charge on any atom is -0.297 e. The van der Waals surface area contributed by atoms with Crippen LogP contribution >= 0.6 is 11.6 Å². The minimum atomic E-state index is 0.544. The number of nitrogens with zero attached hydrogens (tertiary/aromatic N) is 5. The smallest absolute Gasteiger partial charge is 0.0967 e. The maximum absolute atomic E-state index is 6.17. The molecule has 1 fully saturated rings. The molecule has 0 aliphatic carbocycles. The first kappa shape index (κ1) is 17.2. The Morgan fingerprint density at radius 2 is 1.81 bits per heavy atom. The molecule has 2 aromatic heterocycles. The van der Waals surface area contributed by atoms with Gasteiger partial charge in [0.25, 0.3) is 0 Å². The molecule has 5 nitrogen and oxygen atoms in total. The maximum Gasteiger partial charge on any atom is 0.0967 e. The van der Waals surface area contributed by atoms with E-state index in [1.807, 2.05) is 18.3 Å². The van der Waals surface area contributed by atoms with Gasteiger partial charge in [0, 0.05) is 12.7 Å². The van der Waals surface area contributed by atoms with E-state index in [1.165, 1.54) is 18.4 Å². The Bertz CT molecular complexity index is 840. The highest BCUT2D eigenvalue weighted by Gasteiger charge is 2.21. The van der Waals surface area contributed by atoms with Gasteiger partial charge in [0.1, 0.15) is 0 Å². The Morgan fingerprint density at radius 3 is 2.58 bits per heavy atom. The first-order valence-electron chi connectivity index (χ1n) is 9.03. The van der Waals surface area contributed by atoms with E-state index in [0.717, 1.165) is 31.0 Å². The van der Waals surface area contributed by atoms with Crippen LogP contribution in [0, 0.1) is 0 Å². The monoisotopic (exact) mass is 367 g/mol. The van der Waals surface area contributed by atoms with Crippen molar-refractivity contribution in [1.29, 1.82) is 0 Å². The van der Waals surface area contributed by atoms with Crippen LogP contribution in [0.2, 0.25) is 5.02 Å². The fraction of sp³-hybridized carbons (Fsp3) is 0.350. The molecule has 26 heavy (non-hydrogen) atoms. The van der Waals surface area contributed by atoms with Crippen molar-refractivity contribution >= 4 is 11.6 Å². The van der Waals surface area contributed by atoms with Crippen molar-refractivity contribution in [3.8, 4) is 0 Å². The predicted octanol–water partition coefficient (Wildman–Crippen LogP) is 3.75. The van der Waals surface area contributed by atoms with E-state index in [0.29, 0.717) is 17.5 Å². The first-order valence-corrected chi connectivity index (χ1v) is 9.41. The highest BCUT2D eigenvalue weighted by Crippen LogP contribution is 2.28. The highest BCUT2D eigenvalue weighted by molar-refractivity contribution is 6.31. The molecule has 0 spiro atoms. The normalized spacial score (nSPS) is 16.0. The molecule has 1 aromatic carbocycles. The van der Waals surface area contributed by atoms with Gasteiger partial charge in [-0.2, -0.15) is 0 Å². The molecule has 1 aliphatic heterocycles. The number of pyridine rings is 1. The average molecular weight is 368 g/mol. The molecule has 1 aliphatic rings. The number of likely N-dealkylation sites (tertiary alicyclic amines) is 1. The number of aromatic nitrogens is 4. The predicted molar refractivity (Wildman–Crippen MR) is 102 cm³/mol. The Kier molecular flexibility index (Phi) is 5.27. The van der Waals surface area contributed by atoms with Gasteiger partial charge in [-0.1, -0.05) is 47.1 Å². The Labute approximate surface area is 158 Å². The minimum absolute atomic E-state index is 0.544. The number of halogens is 1. The van der Waals surface area contributed by atoms with Gasteiger partial charge in [0.05, 0.1) is 29.2 Å². The van der Waals surface area contributed by atoms with Crippen LogP contribution in [0.25, 0.3) is 0 Å². The van der Waals surface area contributed by atoms with Gasteiger partial charge in [0.15, 0.2) is 0 Å². The number of rotatable bonds is 5. The van der Waals surface area contributed by atoms with Gasteiger partial charge in [-0.3, -0.25) is 9.88 Å². The van der Waals surface area contributed by atoms with Gasteiger partial charge < -0.3 is 0 Å². The van der Waals surface area contributed by atoms with Crippen molar-refractivity contribution in [2.45, 2.75) is 31.8 Å². The lowest BCUT2D eigenvalue weighted by Crippen LogP contribution is -2.32. The summed E-state index contributed by atoms with van der Waals surface area (Å²) in [7, 11) is 0. The Hall–Kier alpha value is -2.24. The fourth-order valence-electron chi connectivity index (χ4n) is 3.56. The van der Waals surface area contributed by atoms with Crippen molar-refractivity contribution in [3.63, 3.8) is 0 Å². The molecule has 0 atom stereocenters. The Balaban J connectivity index is 1.32. The van der Waals surface area contributed by atoms with Crippen molar-refractivity contribution < 1.29 is 0 Å². The van der Waals surface area contributed by atoms with Crippen LogP contribution in [0.5, 0.6) is 0 Å². The van der Waals surface area contributed by atoms with E-state index in [-0.39, 0.29) is 0 Å². The number of hydrogen-bond acceptors (Lipinski definition) is 4. The van der Waals surface area contributed by atoms with Crippen LogP contribution in [0.4, 0.5) is 0 Å². The van der Waals surface area contributed by atoms with Crippen LogP contribution in [0.3, 0.4) is 0 Å². The number of benzene rings is 1. The van der Waals surface area contributed by atoms with Crippen molar-refractivity contribution in [1.82, 2.24) is 24.9 Å². The second-order valence-electron chi connectivity index (χ2n) is 6.80. The molecule has 0 saturated carbocycles. The number of piperidine rings is 1. The molecule has 1 saturated heterocycles. The highest BCUT2D eigenvalue weighted by atomic mass is 35.5. The zero-order chi connectivity index (χ0) is 17.8. The third-order valence-corrected chi connectivity index (χ3v) is 5.32. The van der Waals surface area contributed by atoms with Crippen molar-refractivity contribution in [3.05, 3.63) is 76.8 Å².